The van der Waals surface area contributed by atoms with Gasteiger partial charge in [-0.3, -0.25) is 0 Å². The number of nitrogens with zero attached hydrogens (tertiary/aromatic N) is 2. The first-order valence-corrected chi connectivity index (χ1v) is 12.0. The number of unbranched alkanes of at least 4 members (excludes halogenated alkanes) is 4. The molecule has 4 heteroatoms. The lowest BCUT2D eigenvalue weighted by Gasteiger charge is -2.20. The summed E-state index contributed by atoms with van der Waals surface area (Å²) in [6, 6.07) is 17.7. The van der Waals surface area contributed by atoms with E-state index in [1.165, 1.54) is 58.6 Å². The number of rotatable bonds is 11. The van der Waals surface area contributed by atoms with Crippen molar-refractivity contribution in [2.45, 2.75) is 59.4 Å². The Hall–Kier alpha value is -1.40. The van der Waals surface area contributed by atoms with Crippen molar-refractivity contribution in [3.63, 3.8) is 0 Å². The summed E-state index contributed by atoms with van der Waals surface area (Å²) < 4.78 is 3.88. The average Bonchev–Trinajstić information content (AvgIpc) is 3.11. The van der Waals surface area contributed by atoms with E-state index >= 15 is 0 Å². The fourth-order valence-electron chi connectivity index (χ4n) is 3.83. The highest BCUT2D eigenvalue weighted by Gasteiger charge is 2.17. The second-order valence-corrected chi connectivity index (χ2v) is 8.63. The Labute approximate surface area is 203 Å². The molecule has 2 nitrogen and oxygen atoms in total. The van der Waals surface area contributed by atoms with E-state index < -0.39 is 0 Å². The average molecular weight is 535 g/mol. The first kappa shape index (κ1) is 24.9. The molecule has 162 valence electrons. The summed E-state index contributed by atoms with van der Waals surface area (Å²) >= 11 is 1.89. The summed E-state index contributed by atoms with van der Waals surface area (Å²) in [7, 11) is 0. The Morgan fingerprint density at radius 1 is 0.833 bits per heavy atom. The first-order chi connectivity index (χ1) is 14.3. The van der Waals surface area contributed by atoms with Gasteiger partial charge in [-0.25, -0.2) is 0 Å². The Kier molecular flexibility index (Phi) is 10.9. The number of hydrogen-bond acceptors (Lipinski definition) is 2. The molecule has 0 radical (unpaired) electrons. The first-order valence-electron chi connectivity index (χ1n) is 11.2. The van der Waals surface area contributed by atoms with E-state index in [0.717, 1.165) is 19.6 Å². The normalized spacial score (nSPS) is 11.2. The summed E-state index contributed by atoms with van der Waals surface area (Å²) in [5, 5.41) is 1.34. The van der Waals surface area contributed by atoms with Crippen LogP contribution >= 0.6 is 11.3 Å². The number of aromatic nitrogens is 1. The van der Waals surface area contributed by atoms with Gasteiger partial charge in [0.15, 0.2) is 6.54 Å². The van der Waals surface area contributed by atoms with E-state index in [-0.39, 0.29) is 24.0 Å². The van der Waals surface area contributed by atoms with Gasteiger partial charge >= 0.3 is 0 Å². The van der Waals surface area contributed by atoms with Gasteiger partial charge in [0.2, 0.25) is 5.52 Å². The maximum Gasteiger partial charge on any atom is 0.262 e. The smallest absolute Gasteiger partial charge is 0.262 e. The molecular formula is C26H35IN2S. The minimum atomic E-state index is 0. The van der Waals surface area contributed by atoms with E-state index in [1.807, 2.05) is 11.3 Å². The highest BCUT2D eigenvalue weighted by molar-refractivity contribution is 7.18. The SMILES string of the molecule is CCCCCCC[n+]1c(/C=C/c2ccc(N(CC)CC)cc2)sc2ccccc21.[I-]. The van der Waals surface area contributed by atoms with E-state index in [4.69, 9.17) is 0 Å². The van der Waals surface area contributed by atoms with Crippen LogP contribution in [0.3, 0.4) is 0 Å². The van der Waals surface area contributed by atoms with E-state index in [1.54, 1.807) is 0 Å². The van der Waals surface area contributed by atoms with E-state index in [2.05, 4.69) is 90.9 Å². The molecule has 0 saturated carbocycles. The standard InChI is InChI=1S/C26H35N2S.HI/c1-4-7-8-9-12-21-28-24-13-10-11-14-25(24)29-26(28)20-17-22-15-18-23(19-16-22)27(5-2)6-3;/h10-11,13-20H,4-9,12,21H2,1-3H3;1H/q+1;/p-1. The molecule has 0 atom stereocenters. The second kappa shape index (κ2) is 13.1. The molecule has 2 aromatic carbocycles. The minimum Gasteiger partial charge on any atom is -1.00 e. The van der Waals surface area contributed by atoms with Gasteiger partial charge in [-0.05, 0) is 50.1 Å². The Morgan fingerprint density at radius 3 is 2.23 bits per heavy atom. The third-order valence-electron chi connectivity index (χ3n) is 5.56. The van der Waals surface area contributed by atoms with Gasteiger partial charge in [0.05, 0.1) is 0 Å². The Morgan fingerprint density at radius 2 is 1.53 bits per heavy atom. The lowest BCUT2D eigenvalue weighted by atomic mass is 10.1. The molecule has 0 bridgehead atoms. The van der Waals surface area contributed by atoms with Crippen molar-refractivity contribution in [2.75, 3.05) is 18.0 Å². The number of thiazole rings is 1. The van der Waals surface area contributed by atoms with Crippen molar-refractivity contribution < 1.29 is 28.5 Å². The second-order valence-electron chi connectivity index (χ2n) is 7.57. The van der Waals surface area contributed by atoms with Gasteiger partial charge in [0.1, 0.15) is 4.70 Å². The zero-order chi connectivity index (χ0) is 20.5. The molecule has 0 aliphatic heterocycles. The highest BCUT2D eigenvalue weighted by Crippen LogP contribution is 2.23. The number of halogens is 1. The predicted octanol–water partition coefficient (Wildman–Crippen LogP) is 4.18. The number of hydrogen-bond donors (Lipinski definition) is 0. The van der Waals surface area contributed by atoms with Crippen LogP contribution < -0.4 is 33.4 Å². The third-order valence-corrected chi connectivity index (χ3v) is 6.69. The van der Waals surface area contributed by atoms with Gasteiger partial charge in [-0.15, -0.1) is 0 Å². The Bertz CT molecular complexity index is 910. The molecule has 0 saturated heterocycles. The maximum absolute atomic E-state index is 2.51. The Balaban J connectivity index is 0.00000320. The molecule has 0 spiro atoms. The summed E-state index contributed by atoms with van der Waals surface area (Å²) in [4.78, 5) is 2.38. The summed E-state index contributed by atoms with van der Waals surface area (Å²) in [6.45, 7) is 9.89. The van der Waals surface area contributed by atoms with Gasteiger partial charge < -0.3 is 28.9 Å². The lowest BCUT2D eigenvalue weighted by molar-refractivity contribution is -0.669. The minimum absolute atomic E-state index is 0. The zero-order valence-electron chi connectivity index (χ0n) is 18.6. The maximum atomic E-state index is 2.51. The van der Waals surface area contributed by atoms with Crippen molar-refractivity contribution in [1.29, 1.82) is 0 Å². The van der Waals surface area contributed by atoms with Crippen LogP contribution in [0.1, 0.15) is 63.4 Å². The van der Waals surface area contributed by atoms with Crippen LogP contribution in [-0.4, -0.2) is 13.1 Å². The van der Waals surface area contributed by atoms with Crippen LogP contribution in [0.4, 0.5) is 5.69 Å². The van der Waals surface area contributed by atoms with E-state index in [9.17, 15) is 0 Å². The van der Waals surface area contributed by atoms with Crippen LogP contribution in [0.5, 0.6) is 0 Å². The molecule has 1 heterocycles. The van der Waals surface area contributed by atoms with Crippen molar-refractivity contribution >= 4 is 39.4 Å². The van der Waals surface area contributed by atoms with Crippen molar-refractivity contribution in [2.24, 2.45) is 0 Å². The molecule has 0 N–H and O–H groups in total. The number of aryl methyl sites for hydroxylation is 1. The summed E-state index contributed by atoms with van der Waals surface area (Å²) in [6.07, 6.45) is 11.1. The highest BCUT2D eigenvalue weighted by atomic mass is 127. The molecule has 0 fully saturated rings. The number of fused-ring (bicyclic) bond motifs is 1. The van der Waals surface area contributed by atoms with Gasteiger partial charge in [0.25, 0.3) is 5.01 Å². The van der Waals surface area contributed by atoms with Gasteiger partial charge in [-0.1, -0.05) is 61.8 Å². The molecule has 0 unspecified atom stereocenters. The van der Waals surface area contributed by atoms with Crippen LogP contribution in [-0.2, 0) is 6.54 Å². The van der Waals surface area contributed by atoms with Gasteiger partial charge in [0, 0.05) is 37.3 Å². The monoisotopic (exact) mass is 534 g/mol. The fraction of sp³-hybridized carbons (Fsp3) is 0.423. The summed E-state index contributed by atoms with van der Waals surface area (Å²) in [5.41, 5.74) is 3.92. The lowest BCUT2D eigenvalue weighted by Crippen LogP contribution is -3.00. The topological polar surface area (TPSA) is 7.12 Å². The zero-order valence-corrected chi connectivity index (χ0v) is 21.6. The van der Waals surface area contributed by atoms with Crippen LogP contribution in [0.15, 0.2) is 48.5 Å². The largest absolute Gasteiger partial charge is 1.00 e. The predicted molar refractivity (Wildman–Crippen MR) is 130 cm³/mol. The van der Waals surface area contributed by atoms with Crippen molar-refractivity contribution in [3.05, 3.63) is 59.1 Å². The molecule has 0 amide bonds. The molecule has 3 aromatic rings. The fourth-order valence-corrected chi connectivity index (χ4v) is 4.92. The molecule has 30 heavy (non-hydrogen) atoms. The van der Waals surface area contributed by atoms with Gasteiger partial charge in [-0.2, -0.15) is 4.57 Å². The molecular weight excluding hydrogens is 499 g/mol. The van der Waals surface area contributed by atoms with Crippen LogP contribution in [0.2, 0.25) is 0 Å². The van der Waals surface area contributed by atoms with E-state index in [0.29, 0.717) is 0 Å². The number of para-hydroxylation sites is 1. The molecule has 3 rings (SSSR count). The number of anilines is 1. The van der Waals surface area contributed by atoms with Crippen LogP contribution in [0, 0.1) is 0 Å². The molecule has 0 aliphatic rings. The van der Waals surface area contributed by atoms with Crippen LogP contribution in [0.25, 0.3) is 22.4 Å². The molecule has 0 aliphatic carbocycles. The third kappa shape index (κ3) is 6.55. The summed E-state index contributed by atoms with van der Waals surface area (Å²) in [5.74, 6) is 0. The van der Waals surface area contributed by atoms with Crippen molar-refractivity contribution in [1.82, 2.24) is 0 Å². The quantitative estimate of drug-likeness (QED) is 0.204. The molecule has 1 aromatic heterocycles. The van der Waals surface area contributed by atoms with Crippen molar-refractivity contribution in [3.8, 4) is 0 Å². The number of benzene rings is 2.